The lowest BCUT2D eigenvalue weighted by molar-refractivity contribution is -0.121. The molecule has 0 spiro atoms. The average molecular weight is 270 g/mol. The zero-order chi connectivity index (χ0) is 13.4. The summed E-state index contributed by atoms with van der Waals surface area (Å²) in [6, 6.07) is 7.93. The van der Waals surface area contributed by atoms with Crippen molar-refractivity contribution >= 4 is 17.5 Å². The largest absolute Gasteiger partial charge is 0.385 e. The SMILES string of the molecule is COCCC(CCl)NC(=O)Cc1cccc(C)c1. The third kappa shape index (κ3) is 5.52. The fourth-order valence-corrected chi connectivity index (χ4v) is 1.97. The van der Waals surface area contributed by atoms with Crippen LogP contribution in [0.3, 0.4) is 0 Å². The number of carbonyl (C=O) groups excluding carboxylic acids is 1. The molecule has 1 aromatic rings. The lowest BCUT2D eigenvalue weighted by Crippen LogP contribution is -2.37. The Labute approximate surface area is 113 Å². The second-order valence-corrected chi connectivity index (χ2v) is 4.67. The number of carbonyl (C=O) groups is 1. The molecule has 0 aliphatic rings. The summed E-state index contributed by atoms with van der Waals surface area (Å²) < 4.78 is 4.98. The average Bonchev–Trinajstić information content (AvgIpc) is 2.34. The number of nitrogens with one attached hydrogen (secondary N) is 1. The van der Waals surface area contributed by atoms with E-state index in [2.05, 4.69) is 5.32 Å². The van der Waals surface area contributed by atoms with Gasteiger partial charge in [-0.05, 0) is 18.9 Å². The van der Waals surface area contributed by atoms with Gasteiger partial charge in [-0.3, -0.25) is 4.79 Å². The summed E-state index contributed by atoms with van der Waals surface area (Å²) in [5.41, 5.74) is 2.18. The molecule has 100 valence electrons. The molecule has 1 aromatic carbocycles. The number of methoxy groups -OCH3 is 1. The maximum Gasteiger partial charge on any atom is 0.224 e. The zero-order valence-corrected chi connectivity index (χ0v) is 11.7. The molecule has 0 radical (unpaired) electrons. The molecule has 0 aliphatic carbocycles. The van der Waals surface area contributed by atoms with Crippen molar-refractivity contribution in [3.63, 3.8) is 0 Å². The Morgan fingerprint density at radius 1 is 1.50 bits per heavy atom. The lowest BCUT2D eigenvalue weighted by atomic mass is 10.1. The molecule has 0 aromatic heterocycles. The predicted molar refractivity (Wildman–Crippen MR) is 74.0 cm³/mol. The van der Waals surface area contributed by atoms with Crippen LogP contribution in [-0.2, 0) is 16.0 Å². The van der Waals surface area contributed by atoms with E-state index in [0.717, 1.165) is 17.5 Å². The van der Waals surface area contributed by atoms with Crippen molar-refractivity contribution in [2.75, 3.05) is 19.6 Å². The Bertz CT molecular complexity index is 382. The predicted octanol–water partition coefficient (Wildman–Crippen LogP) is 2.30. The van der Waals surface area contributed by atoms with E-state index in [1.165, 1.54) is 0 Å². The number of hydrogen-bond acceptors (Lipinski definition) is 2. The van der Waals surface area contributed by atoms with Crippen LogP contribution < -0.4 is 5.32 Å². The van der Waals surface area contributed by atoms with Gasteiger partial charge in [0.05, 0.1) is 6.42 Å². The molecule has 0 bridgehead atoms. The number of rotatable bonds is 7. The highest BCUT2D eigenvalue weighted by molar-refractivity contribution is 6.18. The summed E-state index contributed by atoms with van der Waals surface area (Å²) in [6.07, 6.45) is 1.13. The normalized spacial score (nSPS) is 12.2. The van der Waals surface area contributed by atoms with Gasteiger partial charge in [0.25, 0.3) is 0 Å². The van der Waals surface area contributed by atoms with E-state index < -0.39 is 0 Å². The van der Waals surface area contributed by atoms with Crippen molar-refractivity contribution < 1.29 is 9.53 Å². The third-order valence-corrected chi connectivity index (χ3v) is 3.04. The number of aryl methyl sites for hydroxylation is 1. The molecule has 0 aliphatic heterocycles. The van der Waals surface area contributed by atoms with Gasteiger partial charge in [0.2, 0.25) is 5.91 Å². The van der Waals surface area contributed by atoms with Gasteiger partial charge in [0.15, 0.2) is 0 Å². The van der Waals surface area contributed by atoms with Gasteiger partial charge in [0, 0.05) is 25.6 Å². The Morgan fingerprint density at radius 3 is 2.89 bits per heavy atom. The minimum atomic E-state index is -0.0241. The maximum atomic E-state index is 11.8. The number of alkyl halides is 1. The zero-order valence-electron chi connectivity index (χ0n) is 10.9. The van der Waals surface area contributed by atoms with Gasteiger partial charge in [-0.2, -0.15) is 0 Å². The third-order valence-electron chi connectivity index (χ3n) is 2.67. The van der Waals surface area contributed by atoms with Crippen molar-refractivity contribution in [2.45, 2.75) is 25.8 Å². The van der Waals surface area contributed by atoms with Crippen LogP contribution in [0, 0.1) is 6.92 Å². The molecule has 1 unspecified atom stereocenters. The first-order chi connectivity index (χ1) is 8.65. The number of halogens is 1. The molecule has 1 atom stereocenters. The van der Waals surface area contributed by atoms with Gasteiger partial charge in [-0.25, -0.2) is 0 Å². The van der Waals surface area contributed by atoms with Crippen LogP contribution in [0.15, 0.2) is 24.3 Å². The first-order valence-corrected chi connectivity index (χ1v) is 6.59. The highest BCUT2D eigenvalue weighted by Crippen LogP contribution is 2.05. The standard InChI is InChI=1S/C14H20ClNO2/c1-11-4-3-5-12(8-11)9-14(17)16-13(10-15)6-7-18-2/h3-5,8,13H,6-7,9-10H2,1-2H3,(H,16,17). The van der Waals surface area contributed by atoms with Gasteiger partial charge >= 0.3 is 0 Å². The Hall–Kier alpha value is -1.06. The van der Waals surface area contributed by atoms with Crippen molar-refractivity contribution in [3.8, 4) is 0 Å². The smallest absolute Gasteiger partial charge is 0.224 e. The van der Waals surface area contributed by atoms with Crippen LogP contribution in [0.1, 0.15) is 17.5 Å². The van der Waals surface area contributed by atoms with Gasteiger partial charge in [-0.1, -0.05) is 29.8 Å². The van der Waals surface area contributed by atoms with Crippen LogP contribution >= 0.6 is 11.6 Å². The summed E-state index contributed by atoms with van der Waals surface area (Å²) in [5.74, 6) is 0.408. The van der Waals surface area contributed by atoms with E-state index in [1.54, 1.807) is 7.11 Å². The highest BCUT2D eigenvalue weighted by Gasteiger charge is 2.11. The van der Waals surface area contributed by atoms with Crippen molar-refractivity contribution in [3.05, 3.63) is 35.4 Å². The Kier molecular flexibility index (Phi) is 6.76. The van der Waals surface area contributed by atoms with E-state index in [-0.39, 0.29) is 11.9 Å². The number of hydrogen-bond donors (Lipinski definition) is 1. The molecule has 1 N–H and O–H groups in total. The summed E-state index contributed by atoms with van der Waals surface area (Å²) in [7, 11) is 1.64. The van der Waals surface area contributed by atoms with Crippen LogP contribution in [0.4, 0.5) is 0 Å². The van der Waals surface area contributed by atoms with Crippen LogP contribution in [-0.4, -0.2) is 31.5 Å². The van der Waals surface area contributed by atoms with Crippen LogP contribution in [0.2, 0.25) is 0 Å². The van der Waals surface area contributed by atoms with Gasteiger partial charge in [0.1, 0.15) is 0 Å². The highest BCUT2D eigenvalue weighted by atomic mass is 35.5. The molecule has 1 rings (SSSR count). The summed E-state index contributed by atoms with van der Waals surface area (Å²) in [5, 5.41) is 2.92. The van der Waals surface area contributed by atoms with E-state index in [0.29, 0.717) is 18.9 Å². The molecular formula is C14H20ClNO2. The first kappa shape index (κ1) is 15.0. The van der Waals surface area contributed by atoms with Crippen LogP contribution in [0.5, 0.6) is 0 Å². The topological polar surface area (TPSA) is 38.3 Å². The quantitative estimate of drug-likeness (QED) is 0.772. The first-order valence-electron chi connectivity index (χ1n) is 6.05. The molecule has 0 heterocycles. The maximum absolute atomic E-state index is 11.8. The Balaban J connectivity index is 2.45. The molecular weight excluding hydrogens is 250 g/mol. The van der Waals surface area contributed by atoms with Gasteiger partial charge in [-0.15, -0.1) is 11.6 Å². The molecule has 4 heteroatoms. The fraction of sp³-hybridized carbons (Fsp3) is 0.500. The minimum Gasteiger partial charge on any atom is -0.385 e. The Morgan fingerprint density at radius 2 is 2.28 bits per heavy atom. The molecule has 0 fully saturated rings. The van der Waals surface area contributed by atoms with E-state index >= 15 is 0 Å². The van der Waals surface area contributed by atoms with Crippen molar-refractivity contribution in [1.82, 2.24) is 5.32 Å². The summed E-state index contributed by atoms with van der Waals surface area (Å²) in [6.45, 7) is 2.61. The van der Waals surface area contributed by atoms with E-state index in [4.69, 9.17) is 16.3 Å². The second kappa shape index (κ2) is 8.11. The molecule has 3 nitrogen and oxygen atoms in total. The number of ether oxygens (including phenoxy) is 1. The minimum absolute atomic E-state index is 0.00218. The van der Waals surface area contributed by atoms with Crippen LogP contribution in [0.25, 0.3) is 0 Å². The van der Waals surface area contributed by atoms with Crippen molar-refractivity contribution in [2.24, 2.45) is 0 Å². The van der Waals surface area contributed by atoms with E-state index in [1.807, 2.05) is 31.2 Å². The summed E-state index contributed by atoms with van der Waals surface area (Å²) >= 11 is 5.81. The monoisotopic (exact) mass is 269 g/mol. The van der Waals surface area contributed by atoms with Gasteiger partial charge < -0.3 is 10.1 Å². The molecule has 1 amide bonds. The van der Waals surface area contributed by atoms with E-state index in [9.17, 15) is 4.79 Å². The molecule has 0 saturated carbocycles. The summed E-state index contributed by atoms with van der Waals surface area (Å²) in [4.78, 5) is 11.8. The molecule has 18 heavy (non-hydrogen) atoms. The number of benzene rings is 1. The lowest BCUT2D eigenvalue weighted by Gasteiger charge is -2.15. The van der Waals surface area contributed by atoms with Crippen molar-refractivity contribution in [1.29, 1.82) is 0 Å². The number of amides is 1. The fourth-order valence-electron chi connectivity index (χ4n) is 1.73. The second-order valence-electron chi connectivity index (χ2n) is 4.37. The molecule has 0 saturated heterocycles.